The van der Waals surface area contributed by atoms with E-state index in [2.05, 4.69) is 17.1 Å². The van der Waals surface area contributed by atoms with Gasteiger partial charge in [-0.05, 0) is 39.2 Å². The number of hydrogen-bond donors (Lipinski definition) is 1. The van der Waals surface area contributed by atoms with Gasteiger partial charge in [0.2, 0.25) is 0 Å². The van der Waals surface area contributed by atoms with Crippen LogP contribution in [0.2, 0.25) is 0 Å². The first-order chi connectivity index (χ1) is 8.81. The molecule has 4 heteroatoms. The number of hydrogen-bond acceptors (Lipinski definition) is 4. The van der Waals surface area contributed by atoms with Crippen LogP contribution in [0.4, 0.5) is 0 Å². The number of morpholine rings is 1. The normalized spacial score (nSPS) is 41.2. The van der Waals surface area contributed by atoms with Crippen molar-refractivity contribution in [2.45, 2.75) is 57.0 Å². The third-order valence-electron chi connectivity index (χ3n) is 4.53. The van der Waals surface area contributed by atoms with Crippen molar-refractivity contribution in [3.63, 3.8) is 0 Å². The highest BCUT2D eigenvalue weighted by atomic mass is 16.5. The van der Waals surface area contributed by atoms with E-state index in [1.807, 2.05) is 0 Å². The summed E-state index contributed by atoms with van der Waals surface area (Å²) in [7, 11) is 0. The topological polar surface area (TPSA) is 33.7 Å². The Labute approximate surface area is 110 Å². The van der Waals surface area contributed by atoms with Gasteiger partial charge in [0.15, 0.2) is 0 Å². The number of rotatable bonds is 4. The molecule has 4 atom stereocenters. The van der Waals surface area contributed by atoms with Gasteiger partial charge in [0, 0.05) is 25.7 Å². The van der Waals surface area contributed by atoms with Gasteiger partial charge in [-0.1, -0.05) is 0 Å². The third-order valence-corrected chi connectivity index (χ3v) is 4.53. The van der Waals surface area contributed by atoms with Crippen LogP contribution in [0.3, 0.4) is 0 Å². The molecule has 0 radical (unpaired) electrons. The van der Waals surface area contributed by atoms with E-state index in [0.717, 1.165) is 26.2 Å². The van der Waals surface area contributed by atoms with Crippen molar-refractivity contribution in [2.75, 3.05) is 32.8 Å². The lowest BCUT2D eigenvalue weighted by molar-refractivity contribution is -0.0481. The van der Waals surface area contributed by atoms with E-state index in [0.29, 0.717) is 24.4 Å². The first-order valence-corrected chi connectivity index (χ1v) is 7.53. The summed E-state index contributed by atoms with van der Waals surface area (Å²) < 4.78 is 11.7. The Balaban J connectivity index is 1.34. The highest BCUT2D eigenvalue weighted by Gasteiger charge is 2.32. The van der Waals surface area contributed by atoms with Crippen LogP contribution in [0.25, 0.3) is 0 Å². The highest BCUT2D eigenvalue weighted by Crippen LogP contribution is 2.22. The van der Waals surface area contributed by atoms with Crippen molar-refractivity contribution in [3.05, 3.63) is 0 Å². The first-order valence-electron chi connectivity index (χ1n) is 7.53. The molecule has 0 aromatic carbocycles. The fourth-order valence-corrected chi connectivity index (χ4v) is 3.45. The quantitative estimate of drug-likeness (QED) is 0.812. The second-order valence-electron chi connectivity index (χ2n) is 6.05. The minimum absolute atomic E-state index is 0.373. The average Bonchev–Trinajstić information content (AvgIpc) is 2.97. The Bertz CT molecular complexity index is 275. The van der Waals surface area contributed by atoms with E-state index in [1.54, 1.807) is 0 Å². The van der Waals surface area contributed by atoms with Crippen molar-refractivity contribution >= 4 is 0 Å². The zero-order valence-corrected chi connectivity index (χ0v) is 11.4. The lowest BCUT2D eigenvalue weighted by Crippen LogP contribution is -2.50. The summed E-state index contributed by atoms with van der Waals surface area (Å²) in [6.07, 6.45) is 6.33. The maximum absolute atomic E-state index is 5.93. The van der Waals surface area contributed by atoms with Crippen LogP contribution in [0.15, 0.2) is 0 Å². The van der Waals surface area contributed by atoms with Gasteiger partial charge >= 0.3 is 0 Å². The molecule has 3 rings (SSSR count). The van der Waals surface area contributed by atoms with E-state index in [-0.39, 0.29) is 0 Å². The molecule has 0 aromatic heterocycles. The van der Waals surface area contributed by atoms with Crippen LogP contribution in [-0.4, -0.2) is 62.0 Å². The van der Waals surface area contributed by atoms with E-state index in [4.69, 9.17) is 9.47 Å². The second-order valence-corrected chi connectivity index (χ2v) is 6.05. The molecule has 0 saturated carbocycles. The number of fused-ring (bicyclic) bond motifs is 1. The second kappa shape index (κ2) is 5.87. The van der Waals surface area contributed by atoms with Gasteiger partial charge in [-0.15, -0.1) is 0 Å². The molecule has 18 heavy (non-hydrogen) atoms. The van der Waals surface area contributed by atoms with Crippen LogP contribution in [0.1, 0.15) is 32.6 Å². The fourth-order valence-electron chi connectivity index (χ4n) is 3.45. The fraction of sp³-hybridized carbons (Fsp3) is 1.00. The molecule has 0 spiro atoms. The van der Waals surface area contributed by atoms with E-state index < -0.39 is 0 Å². The summed E-state index contributed by atoms with van der Waals surface area (Å²) in [5, 5.41) is 3.52. The molecule has 4 unspecified atom stereocenters. The molecular formula is C14H26N2O2. The van der Waals surface area contributed by atoms with Gasteiger partial charge in [-0.3, -0.25) is 4.90 Å². The first kappa shape index (κ1) is 12.9. The maximum atomic E-state index is 5.93. The highest BCUT2D eigenvalue weighted by molar-refractivity contribution is 4.86. The molecular weight excluding hydrogens is 228 g/mol. The monoisotopic (exact) mass is 254 g/mol. The predicted octanol–water partition coefficient (Wildman–Crippen LogP) is 1.01. The minimum Gasteiger partial charge on any atom is -0.374 e. The van der Waals surface area contributed by atoms with Gasteiger partial charge in [0.1, 0.15) is 0 Å². The lowest BCUT2D eigenvalue weighted by Gasteiger charge is -2.35. The standard InChI is InChI=1S/C14H26N2O2/c1-11-4-5-13(18-11)7-15-8-14-9-16-6-2-3-12(16)10-17-14/h11-15H,2-10H2,1H3. The lowest BCUT2D eigenvalue weighted by atomic mass is 10.2. The van der Waals surface area contributed by atoms with E-state index in [1.165, 1.54) is 32.2 Å². The van der Waals surface area contributed by atoms with Crippen LogP contribution in [0, 0.1) is 0 Å². The summed E-state index contributed by atoms with van der Waals surface area (Å²) in [6, 6.07) is 0.709. The Morgan fingerprint density at radius 2 is 2.06 bits per heavy atom. The minimum atomic E-state index is 0.373. The SMILES string of the molecule is CC1CCC(CNCC2CN3CCCC3CO2)O1. The maximum Gasteiger partial charge on any atom is 0.0827 e. The smallest absolute Gasteiger partial charge is 0.0827 e. The van der Waals surface area contributed by atoms with Crippen LogP contribution < -0.4 is 5.32 Å². The van der Waals surface area contributed by atoms with Crippen LogP contribution in [-0.2, 0) is 9.47 Å². The zero-order chi connectivity index (χ0) is 12.4. The molecule has 3 heterocycles. The summed E-state index contributed by atoms with van der Waals surface area (Å²) in [5.74, 6) is 0. The van der Waals surface area contributed by atoms with Crippen molar-refractivity contribution in [3.8, 4) is 0 Å². The molecule has 4 nitrogen and oxygen atoms in total. The van der Waals surface area contributed by atoms with E-state index in [9.17, 15) is 0 Å². The van der Waals surface area contributed by atoms with Crippen molar-refractivity contribution < 1.29 is 9.47 Å². The van der Waals surface area contributed by atoms with Crippen LogP contribution in [0.5, 0.6) is 0 Å². The van der Waals surface area contributed by atoms with E-state index >= 15 is 0 Å². The van der Waals surface area contributed by atoms with Crippen molar-refractivity contribution in [1.82, 2.24) is 10.2 Å². The molecule has 0 aliphatic carbocycles. The van der Waals surface area contributed by atoms with Crippen molar-refractivity contribution in [2.24, 2.45) is 0 Å². The average molecular weight is 254 g/mol. The summed E-state index contributed by atoms with van der Waals surface area (Å²) in [5.41, 5.74) is 0. The molecule has 104 valence electrons. The number of ether oxygens (including phenoxy) is 2. The molecule has 3 aliphatic heterocycles. The van der Waals surface area contributed by atoms with Crippen LogP contribution >= 0.6 is 0 Å². The van der Waals surface area contributed by atoms with Gasteiger partial charge in [-0.2, -0.15) is 0 Å². The molecule has 3 saturated heterocycles. The van der Waals surface area contributed by atoms with Gasteiger partial charge < -0.3 is 14.8 Å². The predicted molar refractivity (Wildman–Crippen MR) is 70.8 cm³/mol. The Morgan fingerprint density at radius 3 is 2.89 bits per heavy atom. The zero-order valence-electron chi connectivity index (χ0n) is 11.4. The summed E-state index contributed by atoms with van der Waals surface area (Å²) in [4.78, 5) is 2.60. The molecule has 1 N–H and O–H groups in total. The molecule has 0 bridgehead atoms. The summed E-state index contributed by atoms with van der Waals surface area (Å²) >= 11 is 0. The number of nitrogens with zero attached hydrogens (tertiary/aromatic N) is 1. The Morgan fingerprint density at radius 1 is 1.17 bits per heavy atom. The van der Waals surface area contributed by atoms with Gasteiger partial charge in [0.05, 0.1) is 24.9 Å². The summed E-state index contributed by atoms with van der Waals surface area (Å²) in [6.45, 7) is 7.43. The van der Waals surface area contributed by atoms with Crippen molar-refractivity contribution in [1.29, 1.82) is 0 Å². The van der Waals surface area contributed by atoms with Gasteiger partial charge in [0.25, 0.3) is 0 Å². The Hall–Kier alpha value is -0.160. The third kappa shape index (κ3) is 3.05. The van der Waals surface area contributed by atoms with Gasteiger partial charge in [-0.25, -0.2) is 0 Å². The molecule has 3 aliphatic rings. The molecule has 0 amide bonds. The largest absolute Gasteiger partial charge is 0.374 e. The number of nitrogens with one attached hydrogen (secondary N) is 1. The Kier molecular flexibility index (Phi) is 4.19. The molecule has 3 fully saturated rings. The molecule has 0 aromatic rings.